The van der Waals surface area contributed by atoms with Gasteiger partial charge < -0.3 is 14.8 Å². The predicted octanol–water partition coefficient (Wildman–Crippen LogP) is 1.74. The highest BCUT2D eigenvalue weighted by Gasteiger charge is 2.18. The second-order valence-electron chi connectivity index (χ2n) is 5.02. The lowest BCUT2D eigenvalue weighted by molar-refractivity contribution is 0.0587. The van der Waals surface area contributed by atoms with E-state index in [9.17, 15) is 4.79 Å². The number of hydrogen-bond acceptors (Lipinski definition) is 6. The van der Waals surface area contributed by atoms with Gasteiger partial charge in [-0.1, -0.05) is 13.8 Å². The van der Waals surface area contributed by atoms with E-state index < -0.39 is 5.97 Å². The maximum absolute atomic E-state index is 11.3. The minimum absolute atomic E-state index is 0.0576. The van der Waals surface area contributed by atoms with Crippen molar-refractivity contribution in [1.29, 1.82) is 0 Å². The second-order valence-corrected chi connectivity index (χ2v) is 5.02. The Morgan fingerprint density at radius 2 is 2.16 bits per heavy atom. The SMILES string of the molecule is COCCC(C)(C)CNc1ccnc(C(=O)OC)n1. The van der Waals surface area contributed by atoms with E-state index >= 15 is 0 Å². The van der Waals surface area contributed by atoms with Crippen LogP contribution in [0.5, 0.6) is 0 Å². The Kier molecular flexibility index (Phi) is 5.69. The van der Waals surface area contributed by atoms with Gasteiger partial charge in [0.15, 0.2) is 0 Å². The summed E-state index contributed by atoms with van der Waals surface area (Å²) in [5.74, 6) is 0.130. The van der Waals surface area contributed by atoms with E-state index in [1.54, 1.807) is 13.2 Å². The summed E-state index contributed by atoms with van der Waals surface area (Å²) in [7, 11) is 3.00. The summed E-state index contributed by atoms with van der Waals surface area (Å²) in [4.78, 5) is 19.3. The molecule has 0 atom stereocenters. The first kappa shape index (κ1) is 15.4. The van der Waals surface area contributed by atoms with Crippen LogP contribution in [0.2, 0.25) is 0 Å². The summed E-state index contributed by atoms with van der Waals surface area (Å²) >= 11 is 0. The molecule has 0 amide bonds. The highest BCUT2D eigenvalue weighted by atomic mass is 16.5. The molecule has 1 rings (SSSR count). The van der Waals surface area contributed by atoms with Crippen molar-refractivity contribution in [1.82, 2.24) is 9.97 Å². The highest BCUT2D eigenvalue weighted by molar-refractivity contribution is 5.85. The molecule has 0 aliphatic rings. The first-order valence-electron chi connectivity index (χ1n) is 6.13. The number of carbonyl (C=O) groups is 1. The zero-order valence-corrected chi connectivity index (χ0v) is 11.9. The van der Waals surface area contributed by atoms with Crippen LogP contribution in [0.25, 0.3) is 0 Å². The molecule has 106 valence electrons. The van der Waals surface area contributed by atoms with Crippen molar-refractivity contribution < 1.29 is 14.3 Å². The summed E-state index contributed by atoms with van der Waals surface area (Å²) in [6.45, 7) is 5.72. The molecule has 6 heteroatoms. The summed E-state index contributed by atoms with van der Waals surface area (Å²) in [5, 5.41) is 3.20. The van der Waals surface area contributed by atoms with E-state index in [0.717, 1.165) is 13.0 Å². The fourth-order valence-electron chi connectivity index (χ4n) is 1.44. The zero-order chi connectivity index (χ0) is 14.3. The maximum atomic E-state index is 11.3. The highest BCUT2D eigenvalue weighted by Crippen LogP contribution is 2.20. The molecule has 0 saturated heterocycles. The normalized spacial score (nSPS) is 11.2. The van der Waals surface area contributed by atoms with E-state index in [1.807, 2.05) is 0 Å². The molecule has 1 aromatic heterocycles. The van der Waals surface area contributed by atoms with Gasteiger partial charge in [-0.15, -0.1) is 0 Å². The van der Waals surface area contributed by atoms with Gasteiger partial charge in [-0.05, 0) is 17.9 Å². The number of aromatic nitrogens is 2. The van der Waals surface area contributed by atoms with Crippen molar-refractivity contribution in [3.63, 3.8) is 0 Å². The number of esters is 1. The lowest BCUT2D eigenvalue weighted by Crippen LogP contribution is -2.25. The number of carbonyl (C=O) groups excluding carboxylic acids is 1. The molecular weight excluding hydrogens is 246 g/mol. The predicted molar refractivity (Wildman–Crippen MR) is 72.1 cm³/mol. The number of anilines is 1. The molecule has 0 aliphatic carbocycles. The Balaban J connectivity index is 2.60. The van der Waals surface area contributed by atoms with Gasteiger partial charge in [0, 0.05) is 26.5 Å². The number of nitrogens with zero attached hydrogens (tertiary/aromatic N) is 2. The Morgan fingerprint density at radius 1 is 1.42 bits per heavy atom. The monoisotopic (exact) mass is 267 g/mol. The third-order valence-corrected chi connectivity index (χ3v) is 2.75. The third-order valence-electron chi connectivity index (χ3n) is 2.75. The van der Waals surface area contributed by atoms with Crippen LogP contribution in [0.4, 0.5) is 5.82 Å². The van der Waals surface area contributed by atoms with Crippen LogP contribution in [0.1, 0.15) is 30.9 Å². The Morgan fingerprint density at radius 3 is 2.79 bits per heavy atom. The smallest absolute Gasteiger partial charge is 0.376 e. The first-order chi connectivity index (χ1) is 8.98. The fraction of sp³-hybridized carbons (Fsp3) is 0.615. The topological polar surface area (TPSA) is 73.3 Å². The number of rotatable bonds is 7. The van der Waals surface area contributed by atoms with Crippen molar-refractivity contribution in [2.24, 2.45) is 5.41 Å². The van der Waals surface area contributed by atoms with Crippen molar-refractivity contribution in [2.75, 3.05) is 32.7 Å². The quantitative estimate of drug-likeness (QED) is 0.759. The van der Waals surface area contributed by atoms with Gasteiger partial charge in [0.25, 0.3) is 0 Å². The van der Waals surface area contributed by atoms with E-state index in [0.29, 0.717) is 12.4 Å². The van der Waals surface area contributed by atoms with Gasteiger partial charge >= 0.3 is 5.97 Å². The van der Waals surface area contributed by atoms with Crippen LogP contribution in [-0.2, 0) is 9.47 Å². The lowest BCUT2D eigenvalue weighted by Gasteiger charge is -2.24. The summed E-state index contributed by atoms with van der Waals surface area (Å²) in [5.41, 5.74) is 0.0758. The van der Waals surface area contributed by atoms with Gasteiger partial charge in [-0.25, -0.2) is 14.8 Å². The molecule has 1 aromatic rings. The van der Waals surface area contributed by atoms with Crippen molar-refractivity contribution in [3.8, 4) is 0 Å². The first-order valence-corrected chi connectivity index (χ1v) is 6.13. The molecule has 1 heterocycles. The van der Waals surface area contributed by atoms with Crippen molar-refractivity contribution in [3.05, 3.63) is 18.1 Å². The van der Waals surface area contributed by atoms with Crippen molar-refractivity contribution >= 4 is 11.8 Å². The second kappa shape index (κ2) is 7.04. The molecule has 0 unspecified atom stereocenters. The van der Waals surface area contributed by atoms with Gasteiger partial charge in [0.2, 0.25) is 5.82 Å². The molecule has 19 heavy (non-hydrogen) atoms. The third kappa shape index (κ3) is 5.21. The molecular formula is C13H21N3O3. The average molecular weight is 267 g/mol. The van der Waals surface area contributed by atoms with E-state index in [4.69, 9.17) is 4.74 Å². The number of hydrogen-bond donors (Lipinski definition) is 1. The van der Waals surface area contributed by atoms with Crippen LogP contribution in [0.15, 0.2) is 12.3 Å². The molecule has 6 nitrogen and oxygen atoms in total. The van der Waals surface area contributed by atoms with Crippen LogP contribution >= 0.6 is 0 Å². The largest absolute Gasteiger partial charge is 0.463 e. The molecule has 0 bridgehead atoms. The standard InChI is InChI=1S/C13H21N3O3/c1-13(2,6-8-18-3)9-15-10-5-7-14-11(16-10)12(17)19-4/h5,7H,6,8-9H2,1-4H3,(H,14,15,16). The maximum Gasteiger partial charge on any atom is 0.376 e. The summed E-state index contributed by atoms with van der Waals surface area (Å²) in [6.07, 6.45) is 2.47. The molecule has 0 saturated carbocycles. The van der Waals surface area contributed by atoms with E-state index in [1.165, 1.54) is 13.3 Å². The summed E-state index contributed by atoms with van der Waals surface area (Å²) in [6, 6.07) is 1.72. The van der Waals surface area contributed by atoms with Crippen LogP contribution in [0, 0.1) is 5.41 Å². The van der Waals surface area contributed by atoms with Crippen molar-refractivity contribution in [2.45, 2.75) is 20.3 Å². The average Bonchev–Trinajstić information content (AvgIpc) is 2.42. The fourth-order valence-corrected chi connectivity index (χ4v) is 1.44. The molecule has 0 aromatic carbocycles. The lowest BCUT2D eigenvalue weighted by atomic mass is 9.90. The van der Waals surface area contributed by atoms with Gasteiger partial charge in [0.05, 0.1) is 7.11 Å². The van der Waals surface area contributed by atoms with Crippen LogP contribution in [0.3, 0.4) is 0 Å². The molecule has 0 aliphatic heterocycles. The van der Waals surface area contributed by atoms with E-state index in [2.05, 4.69) is 33.9 Å². The molecule has 0 spiro atoms. The number of nitrogens with one attached hydrogen (secondary N) is 1. The van der Waals surface area contributed by atoms with Crippen LogP contribution in [-0.4, -0.2) is 43.3 Å². The minimum atomic E-state index is -0.540. The van der Waals surface area contributed by atoms with Gasteiger partial charge in [-0.3, -0.25) is 0 Å². The Hall–Kier alpha value is -1.69. The zero-order valence-electron chi connectivity index (χ0n) is 11.9. The Bertz CT molecular complexity index is 421. The van der Waals surface area contributed by atoms with E-state index in [-0.39, 0.29) is 11.2 Å². The molecule has 0 fully saturated rings. The van der Waals surface area contributed by atoms with Gasteiger partial charge in [-0.2, -0.15) is 0 Å². The molecule has 1 N–H and O–H groups in total. The number of ether oxygens (including phenoxy) is 2. The summed E-state index contributed by atoms with van der Waals surface area (Å²) < 4.78 is 9.66. The van der Waals surface area contributed by atoms with Crippen LogP contribution < -0.4 is 5.32 Å². The number of methoxy groups -OCH3 is 2. The molecule has 0 radical (unpaired) electrons. The Labute approximate surface area is 113 Å². The van der Waals surface area contributed by atoms with Gasteiger partial charge in [0.1, 0.15) is 5.82 Å². The minimum Gasteiger partial charge on any atom is -0.463 e.